The van der Waals surface area contributed by atoms with Crippen LogP contribution in [0.25, 0.3) is 21.1 Å². The van der Waals surface area contributed by atoms with Gasteiger partial charge in [-0.2, -0.15) is 0 Å². The van der Waals surface area contributed by atoms with Crippen LogP contribution >= 0.6 is 23.7 Å². The van der Waals surface area contributed by atoms with Crippen LogP contribution in [-0.4, -0.2) is 220 Å². The molecule has 0 saturated carbocycles. The Balaban J connectivity index is 0.0000120. The van der Waals surface area contributed by atoms with Crippen molar-refractivity contribution in [2.24, 2.45) is 11.7 Å². The van der Waals surface area contributed by atoms with Gasteiger partial charge in [0, 0.05) is 73.9 Å². The number of amides is 8. The Morgan fingerprint density at radius 3 is 2.04 bits per heavy atom. The van der Waals surface area contributed by atoms with E-state index in [0.29, 0.717) is 22.2 Å². The third-order valence-corrected chi connectivity index (χ3v) is 18.4. The molecule has 5 heterocycles. The SMILES string of the molecule is CC(O)C1NC(=O)C(NC(=O)c2ccc(-c3nnc(-c4ccc(N5CCC(OCc6ccccc6)CC5)cc4)s3)cc2)CC(O)CNC(=O)C2C(O)C(C)CN2C(=O)C(C(O)CC(N)=O)NC(=O)C(C(O)C(O)c2ccc(O)c(OSOO[O-])c2)NC(=O)C2CC(O)CN2C1=O.[Na+]. The summed E-state index contributed by atoms with van der Waals surface area (Å²) >= 11 is 1.22. The van der Waals surface area contributed by atoms with Crippen molar-refractivity contribution in [3.05, 3.63) is 114 Å². The summed E-state index contributed by atoms with van der Waals surface area (Å²) in [5.74, 6) is -12.0. The Hall–Kier alpha value is -7.49. The molecule has 8 amide bonds. The fraction of sp³-hybridized carbons (Fsp3) is 0.452. The molecule has 0 bridgehead atoms. The number of hydrogen-bond donors (Lipinski definition) is 14. The minimum atomic E-state index is -2.54. The maximum Gasteiger partial charge on any atom is 1.00 e. The van der Waals surface area contributed by atoms with Crippen LogP contribution in [0.1, 0.15) is 73.5 Å². The number of nitrogens with two attached hydrogens (primary N) is 1. The summed E-state index contributed by atoms with van der Waals surface area (Å²) in [5, 5.41) is 126. The Kier molecular flexibility index (Phi) is 26.6. The van der Waals surface area contributed by atoms with Crippen molar-refractivity contribution in [3.63, 3.8) is 0 Å². The van der Waals surface area contributed by atoms with Crippen LogP contribution in [0.3, 0.4) is 0 Å². The zero-order valence-electron chi connectivity index (χ0n) is 52.7. The smallest absolute Gasteiger partial charge is 0.691 e. The first-order valence-electron chi connectivity index (χ1n) is 30.6. The zero-order chi connectivity index (χ0) is 69.1. The first kappa shape index (κ1) is 75.3. The maximum atomic E-state index is 14.7. The second-order valence-electron chi connectivity index (χ2n) is 23.9. The molecule has 4 fully saturated rings. The molecule has 35 heteroatoms. The Bertz CT molecular complexity index is 3560. The van der Waals surface area contributed by atoms with E-state index in [4.69, 9.17) is 14.7 Å². The first-order chi connectivity index (χ1) is 45.9. The van der Waals surface area contributed by atoms with Crippen molar-refractivity contribution in [2.75, 3.05) is 37.6 Å². The summed E-state index contributed by atoms with van der Waals surface area (Å²) in [5.41, 5.74) is 8.62. The van der Waals surface area contributed by atoms with Gasteiger partial charge >= 0.3 is 29.6 Å². The van der Waals surface area contributed by atoms with E-state index >= 15 is 0 Å². The van der Waals surface area contributed by atoms with Crippen molar-refractivity contribution in [1.29, 1.82) is 0 Å². The fourth-order valence-electron chi connectivity index (χ4n) is 11.8. The number of primary amides is 1. The van der Waals surface area contributed by atoms with E-state index in [2.05, 4.69) is 51.1 Å². The Labute approximate surface area is 585 Å². The summed E-state index contributed by atoms with van der Waals surface area (Å²) in [6.45, 7) is 2.91. The molecule has 32 nitrogen and oxygen atoms in total. The predicted octanol–water partition coefficient (Wildman–Crippen LogP) is -5.75. The van der Waals surface area contributed by atoms with E-state index in [1.54, 1.807) is 12.1 Å². The van der Waals surface area contributed by atoms with Gasteiger partial charge in [0.1, 0.15) is 58.5 Å². The summed E-state index contributed by atoms with van der Waals surface area (Å²) in [6.07, 6.45) is -14.3. The number of aliphatic hydroxyl groups excluding tert-OH is 7. The molecular formula is C62H74N11NaO21S2. The molecule has 97 heavy (non-hydrogen) atoms. The molecule has 4 aromatic carbocycles. The van der Waals surface area contributed by atoms with Crippen LogP contribution < -0.4 is 76.2 Å². The summed E-state index contributed by atoms with van der Waals surface area (Å²) < 4.78 is 15.2. The molecule has 4 aliphatic rings. The molecule has 0 aliphatic carbocycles. The van der Waals surface area contributed by atoms with E-state index in [1.807, 2.05) is 54.6 Å². The zero-order valence-corrected chi connectivity index (χ0v) is 56.3. The topological polar surface area (TPSA) is 480 Å². The number of hydrogen-bond acceptors (Lipinski definition) is 26. The van der Waals surface area contributed by atoms with Crippen LogP contribution in [0.5, 0.6) is 11.5 Å². The van der Waals surface area contributed by atoms with Gasteiger partial charge < -0.3 is 102 Å². The number of carbonyl (C=O) groups is 8. The quantitative estimate of drug-likeness (QED) is 0.0120. The average molecular weight is 1400 g/mol. The molecule has 14 unspecified atom stereocenters. The maximum absolute atomic E-state index is 14.7. The van der Waals surface area contributed by atoms with Gasteiger partial charge in [0.05, 0.1) is 49.7 Å². The van der Waals surface area contributed by atoms with Crippen molar-refractivity contribution in [1.82, 2.24) is 46.6 Å². The molecule has 15 N–H and O–H groups in total. The Morgan fingerprint density at radius 2 is 1.40 bits per heavy atom. The number of ether oxygens (including phenoxy) is 1. The standard InChI is InChI=1S/C62H75N11O21S2.Na/c1-30-27-73-50(51(30)80)58(87)64-26-38(75)23-41(65-54(83)33-8-10-34(11-9-33)59-69-70-60(95-59)35-12-15-37(16-13-35)71-20-18-40(19-21-71)91-29-32-6-4-3-5-7-32)55(84)66-47(31(2)74)61(88)72-28-39(76)24-42(72)56(85)68-49(57(86)67-48(62(73)89)44(78)25-46(63)79)53(82)52(81)36-14-17-43(77)45(22-36)92-96-94-93-90;/h3-17,22,30-31,38-42,44,47-53,74-78,80-82,90H,18-21,23-29H2,1-2H3,(H2,63,79)(H,64,87)(H,65,83)(H,66,84)(H,67,86)(H,68,85);/q;+1/p-1. The number of piperidine rings is 1. The number of phenolic OH excluding ortho intramolecular Hbond substituents is 1. The summed E-state index contributed by atoms with van der Waals surface area (Å²) in [7, 11) is 0. The largest absolute Gasteiger partial charge is 1.00 e. The van der Waals surface area contributed by atoms with Gasteiger partial charge in [-0.15, -0.1) is 14.5 Å². The van der Waals surface area contributed by atoms with Crippen LogP contribution in [0.15, 0.2) is 97.1 Å². The molecule has 5 aromatic rings. The summed E-state index contributed by atoms with van der Waals surface area (Å²) in [6, 6.07) is 14.6. The molecule has 516 valence electrons. The van der Waals surface area contributed by atoms with Crippen molar-refractivity contribution in [2.45, 2.75) is 138 Å². The number of phenols is 1. The number of anilines is 1. The number of aliphatic hydroxyl groups is 7. The fourth-order valence-corrected chi connectivity index (χ4v) is 12.9. The van der Waals surface area contributed by atoms with Crippen LogP contribution in [0.4, 0.5) is 5.69 Å². The molecule has 1 aromatic heterocycles. The number of nitrogens with one attached hydrogen (secondary N) is 5. The van der Waals surface area contributed by atoms with Crippen LogP contribution in [0.2, 0.25) is 0 Å². The molecule has 14 atom stereocenters. The van der Waals surface area contributed by atoms with Crippen LogP contribution in [-0.2, 0) is 54.3 Å². The van der Waals surface area contributed by atoms with Gasteiger partial charge in [-0.3, -0.25) is 43.4 Å². The van der Waals surface area contributed by atoms with Crippen molar-refractivity contribution < 1.29 is 132 Å². The van der Waals surface area contributed by atoms with Crippen LogP contribution in [0, 0.1) is 5.92 Å². The number of fused-ring (bicyclic) bond motifs is 2. The van der Waals surface area contributed by atoms with Gasteiger partial charge in [0.25, 0.3) is 18.2 Å². The molecule has 9 rings (SSSR count). The molecule has 4 aliphatic heterocycles. The summed E-state index contributed by atoms with van der Waals surface area (Å²) in [4.78, 5) is 118. The molecule has 4 saturated heterocycles. The van der Waals surface area contributed by atoms with Gasteiger partial charge in [0.2, 0.25) is 41.4 Å². The predicted molar refractivity (Wildman–Crippen MR) is 336 cm³/mol. The van der Waals surface area contributed by atoms with Gasteiger partial charge in [-0.1, -0.05) is 66.8 Å². The Morgan fingerprint density at radius 1 is 0.773 bits per heavy atom. The van der Waals surface area contributed by atoms with E-state index in [0.717, 1.165) is 77.7 Å². The third-order valence-electron chi connectivity index (χ3n) is 17.0. The molecular weight excluding hydrogens is 1320 g/mol. The minimum Gasteiger partial charge on any atom is -0.691 e. The van der Waals surface area contributed by atoms with E-state index in [9.17, 15) is 84.5 Å². The van der Waals surface area contributed by atoms with Crippen molar-refractivity contribution >= 4 is 76.6 Å². The third kappa shape index (κ3) is 18.8. The number of carbonyl (C=O) groups excluding carboxylic acids is 8. The van der Waals surface area contributed by atoms with Gasteiger partial charge in [0.15, 0.2) is 11.5 Å². The number of β-amino-alcohol motifs (C(OH)–C–C–N with tert-alkyl or cyclic N) is 1. The number of aromatic hydroxyl groups is 1. The minimum absolute atomic E-state index is 0. The monoisotopic (exact) mass is 1400 g/mol. The normalized spacial score (nSPS) is 25.4. The number of aromatic nitrogens is 2. The number of benzene rings is 4. The van der Waals surface area contributed by atoms with Crippen molar-refractivity contribution in [3.8, 4) is 32.6 Å². The second-order valence-corrected chi connectivity index (χ2v) is 25.3. The van der Waals surface area contributed by atoms with E-state index < -0.39 is 183 Å². The first-order valence-corrected chi connectivity index (χ1v) is 32.1. The average Bonchev–Trinajstić information content (AvgIpc) is 1.50. The van der Waals surface area contributed by atoms with E-state index in [-0.39, 0.29) is 59.1 Å². The molecule has 0 spiro atoms. The number of rotatable bonds is 19. The second kappa shape index (κ2) is 34.3. The van der Waals surface area contributed by atoms with Gasteiger partial charge in [-0.05, 0) is 79.4 Å². The number of nitrogens with zero attached hydrogens (tertiary/aromatic N) is 5. The molecule has 0 radical (unpaired) electrons. The van der Waals surface area contributed by atoms with Gasteiger partial charge in [-0.25, -0.2) is 0 Å². The van der Waals surface area contributed by atoms with E-state index in [1.165, 1.54) is 30.4 Å².